The third kappa shape index (κ3) is 2.43. The summed E-state index contributed by atoms with van der Waals surface area (Å²) in [7, 11) is 0. The van der Waals surface area contributed by atoms with E-state index in [1.54, 1.807) is 12.1 Å². The Morgan fingerprint density at radius 2 is 1.85 bits per heavy atom. The highest BCUT2D eigenvalue weighted by atomic mass is 19.1. The Labute approximate surface area is 116 Å². The number of aromatic nitrogens is 1. The largest absolute Gasteiger partial charge is 0.355 e. The van der Waals surface area contributed by atoms with Gasteiger partial charge in [-0.15, -0.1) is 0 Å². The average Bonchev–Trinajstić information content (AvgIpc) is 2.97. The Hall–Kier alpha value is -2.17. The highest BCUT2D eigenvalue weighted by Crippen LogP contribution is 2.25. The number of hydrogen-bond donors (Lipinski definition) is 0. The van der Waals surface area contributed by atoms with Gasteiger partial charge in [0.15, 0.2) is 5.76 Å². The maximum absolute atomic E-state index is 13.0. The van der Waals surface area contributed by atoms with Crippen LogP contribution >= 0.6 is 0 Å². The van der Waals surface area contributed by atoms with Gasteiger partial charge < -0.3 is 9.42 Å². The van der Waals surface area contributed by atoms with E-state index in [0.29, 0.717) is 16.9 Å². The van der Waals surface area contributed by atoms with E-state index in [-0.39, 0.29) is 11.7 Å². The van der Waals surface area contributed by atoms with E-state index in [0.717, 1.165) is 32.4 Å². The number of amides is 1. The van der Waals surface area contributed by atoms with E-state index < -0.39 is 0 Å². The molecule has 0 radical (unpaired) electrons. The molecule has 0 saturated carbocycles. The van der Waals surface area contributed by atoms with Crippen molar-refractivity contribution in [3.8, 4) is 11.3 Å². The molecule has 0 N–H and O–H groups in total. The third-order valence-electron chi connectivity index (χ3n) is 3.55. The zero-order valence-electron chi connectivity index (χ0n) is 11.0. The third-order valence-corrected chi connectivity index (χ3v) is 3.55. The molecule has 2 aromatic rings. The van der Waals surface area contributed by atoms with Crippen LogP contribution in [0.3, 0.4) is 0 Å². The van der Waals surface area contributed by atoms with Crippen molar-refractivity contribution in [2.45, 2.75) is 19.3 Å². The maximum atomic E-state index is 13.0. The van der Waals surface area contributed by atoms with Gasteiger partial charge in [-0.3, -0.25) is 4.79 Å². The predicted molar refractivity (Wildman–Crippen MR) is 71.7 cm³/mol. The van der Waals surface area contributed by atoms with Gasteiger partial charge in [-0.1, -0.05) is 5.16 Å². The van der Waals surface area contributed by atoms with Crippen molar-refractivity contribution < 1.29 is 13.7 Å². The Kier molecular flexibility index (Phi) is 3.50. The van der Waals surface area contributed by atoms with Crippen LogP contribution in [0.5, 0.6) is 0 Å². The minimum atomic E-state index is -0.322. The highest BCUT2D eigenvalue weighted by Gasteiger charge is 2.24. The Morgan fingerprint density at radius 3 is 2.55 bits per heavy atom. The molecular weight excluding hydrogens is 259 g/mol. The monoisotopic (exact) mass is 274 g/mol. The molecule has 5 heteroatoms. The van der Waals surface area contributed by atoms with Crippen LogP contribution in [-0.2, 0) is 0 Å². The van der Waals surface area contributed by atoms with Crippen molar-refractivity contribution in [2.24, 2.45) is 0 Å². The summed E-state index contributed by atoms with van der Waals surface area (Å²) in [6, 6.07) is 5.85. The Bertz CT molecular complexity index is 601. The lowest BCUT2D eigenvalue weighted by Crippen LogP contribution is -2.35. The van der Waals surface area contributed by atoms with Gasteiger partial charge in [0.05, 0.1) is 6.20 Å². The first-order chi connectivity index (χ1) is 9.75. The van der Waals surface area contributed by atoms with E-state index in [9.17, 15) is 9.18 Å². The predicted octanol–water partition coefficient (Wildman–Crippen LogP) is 3.11. The van der Waals surface area contributed by atoms with Gasteiger partial charge in [-0.05, 0) is 43.5 Å². The molecule has 0 aliphatic carbocycles. The van der Waals surface area contributed by atoms with Crippen molar-refractivity contribution in [1.82, 2.24) is 10.1 Å². The Balaban J connectivity index is 1.89. The van der Waals surface area contributed by atoms with Crippen LogP contribution < -0.4 is 0 Å². The van der Waals surface area contributed by atoms with Crippen molar-refractivity contribution in [1.29, 1.82) is 0 Å². The molecule has 3 rings (SSSR count). The van der Waals surface area contributed by atoms with Gasteiger partial charge in [0.25, 0.3) is 5.91 Å². The van der Waals surface area contributed by atoms with Gasteiger partial charge in [-0.25, -0.2) is 4.39 Å². The molecule has 2 heterocycles. The van der Waals surface area contributed by atoms with Crippen LogP contribution in [0.1, 0.15) is 29.6 Å². The molecular formula is C15H15FN2O2. The second-order valence-corrected chi connectivity index (χ2v) is 4.93. The first kappa shape index (κ1) is 12.8. The number of piperidine rings is 1. The summed E-state index contributed by atoms with van der Waals surface area (Å²) in [5.74, 6) is 0.0167. The minimum absolute atomic E-state index is 0.0646. The number of hydrogen-bond acceptors (Lipinski definition) is 3. The number of nitrogens with zero attached hydrogens (tertiary/aromatic N) is 2. The van der Waals surface area contributed by atoms with Gasteiger partial charge in [-0.2, -0.15) is 0 Å². The molecule has 1 saturated heterocycles. The standard InChI is InChI=1S/C15H15FN2O2/c16-12-6-4-11(5-7-12)14-13(10-17-20-14)15(19)18-8-2-1-3-9-18/h4-7,10H,1-3,8-9H2. The molecule has 4 nitrogen and oxygen atoms in total. The Morgan fingerprint density at radius 1 is 1.15 bits per heavy atom. The number of benzene rings is 1. The summed E-state index contributed by atoms with van der Waals surface area (Å²) >= 11 is 0. The lowest BCUT2D eigenvalue weighted by molar-refractivity contribution is 0.0724. The van der Waals surface area contributed by atoms with E-state index in [1.807, 2.05) is 4.90 Å². The number of likely N-dealkylation sites (tertiary alicyclic amines) is 1. The second kappa shape index (κ2) is 5.45. The first-order valence-electron chi connectivity index (χ1n) is 6.75. The fourth-order valence-corrected chi connectivity index (χ4v) is 2.47. The van der Waals surface area contributed by atoms with E-state index in [4.69, 9.17) is 4.52 Å². The molecule has 0 unspecified atom stereocenters. The van der Waals surface area contributed by atoms with Crippen LogP contribution in [0.2, 0.25) is 0 Å². The highest BCUT2D eigenvalue weighted by molar-refractivity contribution is 5.99. The molecule has 1 aromatic carbocycles. The van der Waals surface area contributed by atoms with Crippen LogP contribution in [0.15, 0.2) is 35.0 Å². The summed E-state index contributed by atoms with van der Waals surface area (Å²) in [4.78, 5) is 14.3. The molecule has 0 bridgehead atoms. The molecule has 0 spiro atoms. The zero-order valence-corrected chi connectivity index (χ0v) is 11.0. The summed E-state index contributed by atoms with van der Waals surface area (Å²) in [6.07, 6.45) is 4.67. The average molecular weight is 274 g/mol. The molecule has 1 amide bonds. The fraction of sp³-hybridized carbons (Fsp3) is 0.333. The molecule has 104 valence electrons. The van der Waals surface area contributed by atoms with Crippen LogP contribution in [0.25, 0.3) is 11.3 Å². The molecule has 20 heavy (non-hydrogen) atoms. The second-order valence-electron chi connectivity index (χ2n) is 4.93. The lowest BCUT2D eigenvalue weighted by Gasteiger charge is -2.26. The van der Waals surface area contributed by atoms with E-state index >= 15 is 0 Å². The zero-order chi connectivity index (χ0) is 13.9. The smallest absolute Gasteiger partial charge is 0.259 e. The summed E-state index contributed by atoms with van der Waals surface area (Å²) in [6.45, 7) is 1.54. The minimum Gasteiger partial charge on any atom is -0.355 e. The summed E-state index contributed by atoms with van der Waals surface area (Å²) in [5, 5.41) is 3.72. The van der Waals surface area contributed by atoms with Gasteiger partial charge in [0.2, 0.25) is 0 Å². The van der Waals surface area contributed by atoms with E-state index in [2.05, 4.69) is 5.16 Å². The summed E-state index contributed by atoms with van der Waals surface area (Å²) < 4.78 is 18.1. The van der Waals surface area contributed by atoms with Crippen molar-refractivity contribution in [2.75, 3.05) is 13.1 Å². The lowest BCUT2D eigenvalue weighted by atomic mass is 10.1. The molecule has 1 aliphatic rings. The SMILES string of the molecule is O=C(c1cnoc1-c1ccc(F)cc1)N1CCCCC1. The first-order valence-corrected chi connectivity index (χ1v) is 6.75. The maximum Gasteiger partial charge on any atom is 0.259 e. The number of halogens is 1. The molecule has 1 aromatic heterocycles. The van der Waals surface area contributed by atoms with Gasteiger partial charge in [0, 0.05) is 18.7 Å². The molecule has 0 atom stereocenters. The number of rotatable bonds is 2. The van der Waals surface area contributed by atoms with Crippen molar-refractivity contribution in [3.05, 3.63) is 41.8 Å². The van der Waals surface area contributed by atoms with Gasteiger partial charge in [0.1, 0.15) is 11.4 Å². The molecule has 1 aliphatic heterocycles. The van der Waals surface area contributed by atoms with Crippen molar-refractivity contribution in [3.63, 3.8) is 0 Å². The van der Waals surface area contributed by atoms with Crippen LogP contribution in [-0.4, -0.2) is 29.1 Å². The van der Waals surface area contributed by atoms with Crippen LogP contribution in [0.4, 0.5) is 4.39 Å². The van der Waals surface area contributed by atoms with Gasteiger partial charge >= 0.3 is 0 Å². The van der Waals surface area contributed by atoms with E-state index in [1.165, 1.54) is 18.3 Å². The fourth-order valence-electron chi connectivity index (χ4n) is 2.47. The van der Waals surface area contributed by atoms with Crippen molar-refractivity contribution >= 4 is 5.91 Å². The number of carbonyl (C=O) groups excluding carboxylic acids is 1. The topological polar surface area (TPSA) is 46.3 Å². The quantitative estimate of drug-likeness (QED) is 0.845. The number of carbonyl (C=O) groups is 1. The molecule has 1 fully saturated rings. The summed E-state index contributed by atoms with van der Waals surface area (Å²) in [5.41, 5.74) is 1.10. The van der Waals surface area contributed by atoms with Crippen LogP contribution in [0, 0.1) is 5.82 Å². The normalized spacial score (nSPS) is 15.3.